The predicted molar refractivity (Wildman–Crippen MR) is 110 cm³/mol. The summed E-state index contributed by atoms with van der Waals surface area (Å²) < 4.78 is 2.17. The van der Waals surface area contributed by atoms with Gasteiger partial charge in [0, 0.05) is 57.2 Å². The van der Waals surface area contributed by atoms with E-state index in [9.17, 15) is 4.79 Å². The van der Waals surface area contributed by atoms with E-state index in [1.165, 1.54) is 5.56 Å². The largest absolute Gasteiger partial charge is 0.335 e. The third-order valence-electron chi connectivity index (χ3n) is 6.17. The molecule has 150 valence electrons. The van der Waals surface area contributed by atoms with Crippen molar-refractivity contribution in [3.8, 4) is 0 Å². The first-order valence-corrected chi connectivity index (χ1v) is 10.6. The van der Waals surface area contributed by atoms with E-state index in [0.717, 1.165) is 64.8 Å². The minimum absolute atomic E-state index is 0.117. The molecule has 2 saturated heterocycles. The van der Waals surface area contributed by atoms with Crippen molar-refractivity contribution < 1.29 is 4.79 Å². The number of likely N-dealkylation sites (tertiary alicyclic amines) is 2. The van der Waals surface area contributed by atoms with Crippen LogP contribution in [0.25, 0.3) is 0 Å². The minimum Gasteiger partial charge on any atom is -0.335 e. The topological polar surface area (TPSA) is 53.4 Å². The molecule has 0 atom stereocenters. The highest BCUT2D eigenvalue weighted by Gasteiger charge is 2.26. The first-order chi connectivity index (χ1) is 13.8. The van der Waals surface area contributed by atoms with Gasteiger partial charge < -0.3 is 19.7 Å². The summed E-state index contributed by atoms with van der Waals surface area (Å²) in [5, 5.41) is 3.27. The Balaban J connectivity index is 1.15. The van der Waals surface area contributed by atoms with E-state index < -0.39 is 0 Å². The van der Waals surface area contributed by atoms with Crippen LogP contribution in [0.1, 0.15) is 37.3 Å². The molecule has 2 aliphatic heterocycles. The zero-order valence-corrected chi connectivity index (χ0v) is 16.5. The molecule has 0 aliphatic carbocycles. The van der Waals surface area contributed by atoms with Crippen LogP contribution in [-0.4, -0.2) is 64.1 Å². The Morgan fingerprint density at radius 2 is 1.79 bits per heavy atom. The maximum atomic E-state index is 12.6. The van der Waals surface area contributed by atoms with Gasteiger partial charge in [-0.15, -0.1) is 0 Å². The highest BCUT2D eigenvalue weighted by atomic mass is 16.2. The summed E-state index contributed by atoms with van der Waals surface area (Å²) in [7, 11) is 0. The molecule has 2 amide bonds. The van der Waals surface area contributed by atoms with Crippen LogP contribution in [0, 0.1) is 0 Å². The normalized spacial score (nSPS) is 19.6. The zero-order chi connectivity index (χ0) is 19.2. The van der Waals surface area contributed by atoms with Crippen molar-refractivity contribution >= 4 is 6.03 Å². The molecule has 1 aromatic heterocycles. The van der Waals surface area contributed by atoms with Gasteiger partial charge in [0.05, 0.1) is 6.33 Å². The quantitative estimate of drug-likeness (QED) is 0.866. The van der Waals surface area contributed by atoms with Gasteiger partial charge in [0.1, 0.15) is 0 Å². The first kappa shape index (κ1) is 19.0. The van der Waals surface area contributed by atoms with E-state index in [1.54, 1.807) is 0 Å². The molecule has 28 heavy (non-hydrogen) atoms. The number of benzene rings is 1. The number of nitrogens with zero attached hydrogens (tertiary/aromatic N) is 4. The number of hydrogen-bond acceptors (Lipinski definition) is 3. The molecular weight excluding hydrogens is 350 g/mol. The Labute approximate surface area is 167 Å². The SMILES string of the molecule is O=C(NC1CCN(CCc2ccccc2)CC1)N1CCC(n2ccnc2)CC1. The third kappa shape index (κ3) is 4.93. The van der Waals surface area contributed by atoms with Crippen LogP contribution in [-0.2, 0) is 6.42 Å². The fraction of sp³-hybridized carbons (Fsp3) is 0.545. The van der Waals surface area contributed by atoms with Gasteiger partial charge in [-0.05, 0) is 37.7 Å². The van der Waals surface area contributed by atoms with Crippen molar-refractivity contribution in [2.24, 2.45) is 0 Å². The van der Waals surface area contributed by atoms with E-state index in [0.29, 0.717) is 12.1 Å². The summed E-state index contributed by atoms with van der Waals surface area (Å²) in [6, 6.07) is 11.6. The first-order valence-electron chi connectivity index (χ1n) is 10.6. The number of rotatable bonds is 5. The molecule has 1 N–H and O–H groups in total. The number of imidazole rings is 1. The minimum atomic E-state index is 0.117. The number of carbonyl (C=O) groups is 1. The second-order valence-corrected chi connectivity index (χ2v) is 8.03. The number of amides is 2. The van der Waals surface area contributed by atoms with Gasteiger partial charge in [-0.25, -0.2) is 9.78 Å². The molecule has 0 saturated carbocycles. The summed E-state index contributed by atoms with van der Waals surface area (Å²) >= 11 is 0. The molecule has 3 heterocycles. The molecule has 4 rings (SSSR count). The Kier molecular flexibility index (Phi) is 6.27. The van der Waals surface area contributed by atoms with Crippen molar-refractivity contribution in [3.05, 3.63) is 54.6 Å². The molecule has 0 radical (unpaired) electrons. The van der Waals surface area contributed by atoms with E-state index >= 15 is 0 Å². The van der Waals surface area contributed by atoms with Gasteiger partial charge in [-0.3, -0.25) is 0 Å². The van der Waals surface area contributed by atoms with Crippen molar-refractivity contribution in [2.75, 3.05) is 32.7 Å². The molecule has 0 unspecified atom stereocenters. The summed E-state index contributed by atoms with van der Waals surface area (Å²) in [4.78, 5) is 21.3. The average Bonchev–Trinajstić information content (AvgIpc) is 3.29. The third-order valence-corrected chi connectivity index (χ3v) is 6.17. The molecular formula is C22H31N5O. The van der Waals surface area contributed by atoms with Crippen LogP contribution >= 0.6 is 0 Å². The number of aromatic nitrogens is 2. The monoisotopic (exact) mass is 381 g/mol. The van der Waals surface area contributed by atoms with Crippen LogP contribution in [0.15, 0.2) is 49.1 Å². The summed E-state index contributed by atoms with van der Waals surface area (Å²) in [6.45, 7) is 4.89. The fourth-order valence-corrected chi connectivity index (χ4v) is 4.35. The highest BCUT2D eigenvalue weighted by Crippen LogP contribution is 2.22. The number of hydrogen-bond donors (Lipinski definition) is 1. The van der Waals surface area contributed by atoms with Crippen molar-refractivity contribution in [2.45, 2.75) is 44.2 Å². The molecule has 2 fully saturated rings. The van der Waals surface area contributed by atoms with E-state index in [2.05, 4.69) is 50.1 Å². The van der Waals surface area contributed by atoms with Crippen molar-refractivity contribution in [3.63, 3.8) is 0 Å². The lowest BCUT2D eigenvalue weighted by molar-refractivity contribution is 0.156. The number of nitrogens with one attached hydrogen (secondary N) is 1. The fourth-order valence-electron chi connectivity index (χ4n) is 4.35. The Morgan fingerprint density at radius 1 is 1.04 bits per heavy atom. The molecule has 2 aromatic rings. The molecule has 2 aliphatic rings. The van der Waals surface area contributed by atoms with Gasteiger partial charge in [0.25, 0.3) is 0 Å². The average molecular weight is 382 g/mol. The molecule has 0 spiro atoms. The van der Waals surface area contributed by atoms with Gasteiger partial charge in [-0.2, -0.15) is 0 Å². The predicted octanol–water partition coefficient (Wildman–Crippen LogP) is 2.94. The zero-order valence-electron chi connectivity index (χ0n) is 16.5. The second-order valence-electron chi connectivity index (χ2n) is 8.03. The Bertz CT molecular complexity index is 717. The van der Waals surface area contributed by atoms with E-state index in [4.69, 9.17) is 0 Å². The highest BCUT2D eigenvalue weighted by molar-refractivity contribution is 5.74. The standard InChI is InChI=1S/C22H31N5O/c28-22(26-15-9-21(10-16-26)27-17-11-23-18-27)24-20-7-13-25(14-8-20)12-6-19-4-2-1-3-5-19/h1-5,11,17-18,20-21H,6-10,12-16H2,(H,24,28). The van der Waals surface area contributed by atoms with Crippen LogP contribution in [0.5, 0.6) is 0 Å². The molecule has 0 bridgehead atoms. The second kappa shape index (κ2) is 9.24. The lowest BCUT2D eigenvalue weighted by Crippen LogP contribution is -2.51. The number of carbonyl (C=O) groups excluding carboxylic acids is 1. The van der Waals surface area contributed by atoms with Crippen LogP contribution < -0.4 is 5.32 Å². The van der Waals surface area contributed by atoms with Gasteiger partial charge in [0.2, 0.25) is 0 Å². The summed E-state index contributed by atoms with van der Waals surface area (Å²) in [6.07, 6.45) is 10.9. The Morgan fingerprint density at radius 3 is 2.46 bits per heavy atom. The van der Waals surface area contributed by atoms with Crippen LogP contribution in [0.2, 0.25) is 0 Å². The van der Waals surface area contributed by atoms with Gasteiger partial charge in [-0.1, -0.05) is 30.3 Å². The molecule has 1 aromatic carbocycles. The smallest absolute Gasteiger partial charge is 0.317 e. The number of urea groups is 1. The van der Waals surface area contributed by atoms with Gasteiger partial charge in [0.15, 0.2) is 0 Å². The summed E-state index contributed by atoms with van der Waals surface area (Å²) in [5.41, 5.74) is 1.40. The molecule has 6 heteroatoms. The number of piperidine rings is 2. The maximum absolute atomic E-state index is 12.6. The summed E-state index contributed by atoms with van der Waals surface area (Å²) in [5.74, 6) is 0. The van der Waals surface area contributed by atoms with Crippen molar-refractivity contribution in [1.82, 2.24) is 24.7 Å². The van der Waals surface area contributed by atoms with Crippen LogP contribution in [0.4, 0.5) is 4.79 Å². The maximum Gasteiger partial charge on any atom is 0.317 e. The lowest BCUT2D eigenvalue weighted by Gasteiger charge is -2.36. The van der Waals surface area contributed by atoms with E-state index in [1.807, 2.05) is 23.6 Å². The van der Waals surface area contributed by atoms with Crippen LogP contribution in [0.3, 0.4) is 0 Å². The van der Waals surface area contributed by atoms with E-state index in [-0.39, 0.29) is 6.03 Å². The lowest BCUT2D eigenvalue weighted by atomic mass is 10.0. The molecule has 6 nitrogen and oxygen atoms in total. The Hall–Kier alpha value is -2.34. The van der Waals surface area contributed by atoms with Gasteiger partial charge >= 0.3 is 6.03 Å². The van der Waals surface area contributed by atoms with Crippen molar-refractivity contribution in [1.29, 1.82) is 0 Å².